The number of nitrogens with one attached hydrogen (secondary N) is 3. The molecule has 1 aromatic carbocycles. The van der Waals surface area contributed by atoms with Crippen molar-refractivity contribution in [1.82, 2.24) is 16.0 Å². The van der Waals surface area contributed by atoms with E-state index in [4.69, 9.17) is 5.73 Å². The lowest BCUT2D eigenvalue weighted by atomic mass is 9.97. The fraction of sp³-hybridized carbons (Fsp3) is 0.600. The van der Waals surface area contributed by atoms with Crippen molar-refractivity contribution in [2.24, 2.45) is 17.6 Å². The number of rotatable bonds is 14. The molecule has 6 unspecified atom stereocenters. The molecule has 0 aromatic heterocycles. The molecule has 1 rings (SSSR count). The van der Waals surface area contributed by atoms with Crippen LogP contribution >= 0.6 is 0 Å². The Balaban J connectivity index is 3.13. The van der Waals surface area contributed by atoms with Gasteiger partial charge in [0.1, 0.15) is 24.2 Å². The van der Waals surface area contributed by atoms with Crippen molar-refractivity contribution in [1.29, 1.82) is 0 Å². The number of hydrogen-bond acceptors (Lipinski definition) is 6. The smallest absolute Gasteiger partial charge is 0.326 e. The van der Waals surface area contributed by atoms with Crippen LogP contribution in [0.2, 0.25) is 0 Å². The number of aliphatic hydroxyl groups is 1. The zero-order valence-corrected chi connectivity index (χ0v) is 21.2. The van der Waals surface area contributed by atoms with Crippen LogP contribution in [0.5, 0.6) is 0 Å². The Morgan fingerprint density at radius 3 is 1.91 bits per heavy atom. The van der Waals surface area contributed by atoms with Gasteiger partial charge >= 0.3 is 5.97 Å². The van der Waals surface area contributed by atoms with Gasteiger partial charge in [0.15, 0.2) is 0 Å². The van der Waals surface area contributed by atoms with Gasteiger partial charge < -0.3 is 31.9 Å². The number of carbonyl (C=O) groups is 4. The van der Waals surface area contributed by atoms with Crippen molar-refractivity contribution in [2.75, 3.05) is 0 Å². The average molecular weight is 493 g/mol. The molecule has 6 atom stereocenters. The average Bonchev–Trinajstić information content (AvgIpc) is 2.80. The fourth-order valence-corrected chi connectivity index (χ4v) is 3.46. The predicted molar refractivity (Wildman–Crippen MR) is 132 cm³/mol. The summed E-state index contributed by atoms with van der Waals surface area (Å²) >= 11 is 0. The fourth-order valence-electron chi connectivity index (χ4n) is 3.46. The largest absolute Gasteiger partial charge is 0.480 e. The Kier molecular flexibility index (Phi) is 12.4. The Morgan fingerprint density at radius 2 is 1.43 bits per heavy atom. The molecule has 10 heteroatoms. The zero-order chi connectivity index (χ0) is 26.7. The predicted octanol–water partition coefficient (Wildman–Crippen LogP) is 0.568. The standard InChI is InChI=1S/C25H40N4O6/c1-6-15(4)21(25(34)35)29-23(32)18(12-14(2)3)27-22(31)19(13-17-10-8-7-9-11-17)28-24(33)20(26)16(5)30/h7-11,14-16,18-21,30H,6,12-13,26H2,1-5H3,(H,27,31)(H,28,33)(H,29,32)(H,34,35). The number of carboxylic acids is 1. The minimum atomic E-state index is -1.23. The third-order valence-corrected chi connectivity index (χ3v) is 5.85. The highest BCUT2D eigenvalue weighted by atomic mass is 16.4. The Hall–Kier alpha value is -2.98. The molecule has 0 fully saturated rings. The molecule has 0 aliphatic rings. The molecule has 0 aliphatic heterocycles. The molecule has 10 nitrogen and oxygen atoms in total. The number of hydrogen-bond donors (Lipinski definition) is 6. The van der Waals surface area contributed by atoms with Gasteiger partial charge in [0.2, 0.25) is 17.7 Å². The van der Waals surface area contributed by atoms with Crippen LogP contribution in [0.4, 0.5) is 0 Å². The van der Waals surface area contributed by atoms with Crippen LogP contribution in [0.3, 0.4) is 0 Å². The van der Waals surface area contributed by atoms with Gasteiger partial charge in [-0.15, -0.1) is 0 Å². The van der Waals surface area contributed by atoms with Crippen molar-refractivity contribution in [3.63, 3.8) is 0 Å². The SMILES string of the molecule is CCC(C)C(NC(=O)C(CC(C)C)NC(=O)C(Cc1ccccc1)NC(=O)C(N)C(C)O)C(=O)O. The topological polar surface area (TPSA) is 171 Å². The lowest BCUT2D eigenvalue weighted by Gasteiger charge is -2.27. The van der Waals surface area contributed by atoms with Crippen LogP contribution < -0.4 is 21.7 Å². The normalized spacial score (nSPS) is 16.3. The third kappa shape index (κ3) is 10.0. The Labute approximate surface area is 207 Å². The summed E-state index contributed by atoms with van der Waals surface area (Å²) in [5, 5.41) is 27.0. The number of aliphatic hydroxyl groups excluding tert-OH is 1. The number of amides is 3. The van der Waals surface area contributed by atoms with E-state index in [1.807, 2.05) is 26.8 Å². The first-order valence-electron chi connectivity index (χ1n) is 12.0. The second-order valence-corrected chi connectivity index (χ2v) is 9.42. The van der Waals surface area contributed by atoms with E-state index in [1.54, 1.807) is 31.2 Å². The van der Waals surface area contributed by atoms with E-state index in [9.17, 15) is 29.4 Å². The highest BCUT2D eigenvalue weighted by Crippen LogP contribution is 2.12. The maximum atomic E-state index is 13.3. The summed E-state index contributed by atoms with van der Waals surface area (Å²) in [5.74, 6) is -3.36. The lowest BCUT2D eigenvalue weighted by molar-refractivity contribution is -0.144. The Morgan fingerprint density at radius 1 is 0.886 bits per heavy atom. The van der Waals surface area contributed by atoms with Crippen LogP contribution in [0.25, 0.3) is 0 Å². The van der Waals surface area contributed by atoms with Gasteiger partial charge in [-0.05, 0) is 30.7 Å². The second kappa shape index (κ2) is 14.4. The van der Waals surface area contributed by atoms with Crippen molar-refractivity contribution < 1.29 is 29.4 Å². The van der Waals surface area contributed by atoms with E-state index < -0.39 is 54.0 Å². The van der Waals surface area contributed by atoms with E-state index in [-0.39, 0.29) is 24.7 Å². The summed E-state index contributed by atoms with van der Waals surface area (Å²) in [6, 6.07) is 4.60. The van der Waals surface area contributed by atoms with Crippen LogP contribution in [-0.4, -0.2) is 64.2 Å². The summed E-state index contributed by atoms with van der Waals surface area (Å²) in [7, 11) is 0. The number of nitrogens with two attached hydrogens (primary N) is 1. The quantitative estimate of drug-likeness (QED) is 0.220. The molecule has 1 aromatic rings. The van der Waals surface area contributed by atoms with Crippen molar-refractivity contribution >= 4 is 23.7 Å². The maximum absolute atomic E-state index is 13.3. The molecule has 196 valence electrons. The van der Waals surface area contributed by atoms with Crippen molar-refractivity contribution in [2.45, 2.75) is 84.2 Å². The van der Waals surface area contributed by atoms with Gasteiger partial charge in [-0.1, -0.05) is 64.4 Å². The van der Waals surface area contributed by atoms with Gasteiger partial charge in [-0.25, -0.2) is 4.79 Å². The van der Waals surface area contributed by atoms with Crippen molar-refractivity contribution in [3.8, 4) is 0 Å². The summed E-state index contributed by atoms with van der Waals surface area (Å²) in [6.07, 6.45) is -0.175. The molecular formula is C25H40N4O6. The third-order valence-electron chi connectivity index (χ3n) is 5.85. The molecule has 0 radical (unpaired) electrons. The summed E-state index contributed by atoms with van der Waals surface area (Å²) in [5.41, 5.74) is 6.50. The van der Waals surface area contributed by atoms with Crippen LogP contribution in [0, 0.1) is 11.8 Å². The molecule has 35 heavy (non-hydrogen) atoms. The highest BCUT2D eigenvalue weighted by Gasteiger charge is 2.32. The number of aliphatic carboxylic acids is 1. The monoisotopic (exact) mass is 492 g/mol. The van der Waals surface area contributed by atoms with Crippen LogP contribution in [-0.2, 0) is 25.6 Å². The lowest BCUT2D eigenvalue weighted by Crippen LogP contribution is -2.59. The van der Waals surface area contributed by atoms with Gasteiger partial charge in [-0.2, -0.15) is 0 Å². The second-order valence-electron chi connectivity index (χ2n) is 9.42. The first-order valence-corrected chi connectivity index (χ1v) is 12.0. The Bertz CT molecular complexity index is 846. The number of carboxylic acid groups (broad SMARTS) is 1. The molecule has 7 N–H and O–H groups in total. The van der Waals surface area contributed by atoms with Gasteiger partial charge in [0, 0.05) is 6.42 Å². The molecule has 0 heterocycles. The van der Waals surface area contributed by atoms with Crippen LogP contribution in [0.1, 0.15) is 53.0 Å². The van der Waals surface area contributed by atoms with E-state index >= 15 is 0 Å². The van der Waals surface area contributed by atoms with E-state index in [1.165, 1.54) is 6.92 Å². The maximum Gasteiger partial charge on any atom is 0.326 e. The highest BCUT2D eigenvalue weighted by molar-refractivity contribution is 5.94. The van der Waals surface area contributed by atoms with Crippen molar-refractivity contribution in [3.05, 3.63) is 35.9 Å². The molecule has 0 spiro atoms. The molecule has 0 aliphatic carbocycles. The number of carbonyl (C=O) groups excluding carboxylic acids is 3. The van der Waals surface area contributed by atoms with Gasteiger partial charge in [0.25, 0.3) is 0 Å². The minimum absolute atomic E-state index is 0.0174. The molecule has 0 saturated heterocycles. The molecular weight excluding hydrogens is 452 g/mol. The van der Waals surface area contributed by atoms with Gasteiger partial charge in [-0.3, -0.25) is 14.4 Å². The summed E-state index contributed by atoms with van der Waals surface area (Å²) < 4.78 is 0. The zero-order valence-electron chi connectivity index (χ0n) is 21.2. The van der Waals surface area contributed by atoms with E-state index in [0.29, 0.717) is 6.42 Å². The van der Waals surface area contributed by atoms with E-state index in [2.05, 4.69) is 16.0 Å². The molecule has 3 amide bonds. The number of benzene rings is 1. The minimum Gasteiger partial charge on any atom is -0.480 e. The summed E-state index contributed by atoms with van der Waals surface area (Å²) in [4.78, 5) is 50.4. The summed E-state index contributed by atoms with van der Waals surface area (Å²) in [6.45, 7) is 8.68. The van der Waals surface area contributed by atoms with Crippen LogP contribution in [0.15, 0.2) is 30.3 Å². The first kappa shape index (κ1) is 30.1. The van der Waals surface area contributed by atoms with Gasteiger partial charge in [0.05, 0.1) is 6.10 Å². The van der Waals surface area contributed by atoms with E-state index in [0.717, 1.165) is 5.56 Å². The first-order chi connectivity index (χ1) is 16.4. The molecule has 0 saturated carbocycles. The molecule has 0 bridgehead atoms.